The van der Waals surface area contributed by atoms with Crippen LogP contribution in [0.25, 0.3) is 16.6 Å². The fraction of sp³-hybridized carbons (Fsp3) is 0.360. The average Bonchev–Trinajstić information content (AvgIpc) is 3.32. The molecular weight excluding hydrogens is 485 g/mol. The summed E-state index contributed by atoms with van der Waals surface area (Å²) in [5, 5.41) is 13.2. The molecule has 0 N–H and O–H groups in total. The highest BCUT2D eigenvalue weighted by atomic mass is 35.5. The molecule has 0 radical (unpaired) electrons. The number of rotatable bonds is 4. The van der Waals surface area contributed by atoms with Gasteiger partial charge in [0, 0.05) is 49.0 Å². The Labute approximate surface area is 217 Å². The number of anilines is 1. The summed E-state index contributed by atoms with van der Waals surface area (Å²) in [6, 6.07) is 17.4. The Morgan fingerprint density at radius 1 is 1.00 bits per heavy atom. The van der Waals surface area contributed by atoms with Gasteiger partial charge in [-0.05, 0) is 66.6 Å². The molecule has 6 rings (SSSR count). The Morgan fingerprint density at radius 3 is 2.69 bits per heavy atom. The van der Waals surface area contributed by atoms with Crippen LogP contribution in [0.1, 0.15) is 24.0 Å². The number of fused-ring (bicyclic) bond motifs is 4. The van der Waals surface area contributed by atoms with Crippen molar-refractivity contribution in [1.29, 1.82) is 0 Å². The van der Waals surface area contributed by atoms with Crippen LogP contribution in [0.15, 0.2) is 48.5 Å². The van der Waals surface area contributed by atoms with E-state index in [4.69, 9.17) is 9.72 Å². The molecule has 4 heterocycles. The number of ether oxygens (including phenoxy) is 1. The minimum Gasteiger partial charge on any atom is -0.483 e. The maximum absolute atomic E-state index is 6.03. The van der Waals surface area contributed by atoms with Crippen molar-refractivity contribution in [3.63, 3.8) is 0 Å². The molecule has 10 heteroatoms. The van der Waals surface area contributed by atoms with Crippen LogP contribution >= 0.6 is 24.8 Å². The van der Waals surface area contributed by atoms with Crippen LogP contribution < -0.4 is 9.64 Å². The lowest BCUT2D eigenvalue weighted by molar-refractivity contribution is 0.190. The molecule has 0 spiro atoms. The summed E-state index contributed by atoms with van der Waals surface area (Å²) in [5.74, 6) is 1.64. The van der Waals surface area contributed by atoms with Crippen molar-refractivity contribution in [3.8, 4) is 11.4 Å². The van der Waals surface area contributed by atoms with Crippen LogP contribution in [-0.2, 0) is 13.0 Å². The normalized spacial score (nSPS) is 17.1. The zero-order valence-electron chi connectivity index (χ0n) is 19.8. The largest absolute Gasteiger partial charge is 0.483 e. The lowest BCUT2D eigenvalue weighted by Gasteiger charge is -2.41. The molecule has 0 saturated carbocycles. The van der Waals surface area contributed by atoms with Crippen LogP contribution in [0.3, 0.4) is 0 Å². The van der Waals surface area contributed by atoms with Gasteiger partial charge < -0.3 is 9.64 Å². The Morgan fingerprint density at radius 2 is 1.83 bits per heavy atom. The maximum atomic E-state index is 6.03. The molecule has 1 atom stereocenters. The van der Waals surface area contributed by atoms with Crippen molar-refractivity contribution in [2.45, 2.75) is 32.9 Å². The van der Waals surface area contributed by atoms with Crippen LogP contribution in [0.5, 0.6) is 5.75 Å². The molecule has 2 aromatic carbocycles. The molecular formula is C25H29Cl2N7O. The first kappa shape index (κ1) is 25.2. The Bertz CT molecular complexity index is 1330. The van der Waals surface area contributed by atoms with Gasteiger partial charge in [-0.15, -0.1) is 29.9 Å². The van der Waals surface area contributed by atoms with Gasteiger partial charge in [0.1, 0.15) is 18.0 Å². The highest BCUT2D eigenvalue weighted by molar-refractivity contribution is 5.92. The van der Waals surface area contributed by atoms with Gasteiger partial charge in [-0.3, -0.25) is 9.88 Å². The first-order valence-electron chi connectivity index (χ1n) is 11.5. The maximum Gasteiger partial charge on any atom is 0.194 e. The Hall–Kier alpha value is -2.94. The average molecular weight is 514 g/mol. The Kier molecular flexibility index (Phi) is 7.44. The Balaban J connectivity index is 0.00000144. The molecule has 2 aliphatic heterocycles. The van der Waals surface area contributed by atoms with E-state index in [0.717, 1.165) is 61.1 Å². The number of benzene rings is 2. The number of nitrogens with zero attached hydrogens (tertiary/aromatic N) is 7. The first-order chi connectivity index (χ1) is 16.2. The quantitative estimate of drug-likeness (QED) is 0.408. The summed E-state index contributed by atoms with van der Waals surface area (Å²) in [4.78, 5) is 9.80. The van der Waals surface area contributed by atoms with Gasteiger partial charge in [0.25, 0.3) is 0 Å². The van der Waals surface area contributed by atoms with Crippen molar-refractivity contribution in [2.75, 3.05) is 31.1 Å². The highest BCUT2D eigenvalue weighted by Crippen LogP contribution is 2.33. The van der Waals surface area contributed by atoms with Gasteiger partial charge in [-0.1, -0.05) is 18.2 Å². The number of tetrazole rings is 1. The number of halogens is 2. The molecule has 8 nitrogen and oxygen atoms in total. The summed E-state index contributed by atoms with van der Waals surface area (Å²) >= 11 is 0. The summed E-state index contributed by atoms with van der Waals surface area (Å²) in [7, 11) is 0. The molecule has 0 amide bonds. The van der Waals surface area contributed by atoms with Crippen LogP contribution in [-0.4, -0.2) is 62.3 Å². The second-order valence-electron chi connectivity index (χ2n) is 8.94. The first-order valence-corrected chi connectivity index (χ1v) is 11.5. The summed E-state index contributed by atoms with van der Waals surface area (Å²) < 4.78 is 7.82. The molecule has 184 valence electrons. The van der Waals surface area contributed by atoms with Crippen molar-refractivity contribution in [3.05, 3.63) is 65.6 Å². The number of hydrogen-bond acceptors (Lipinski definition) is 7. The number of aromatic nitrogens is 5. The zero-order valence-corrected chi connectivity index (χ0v) is 21.4. The van der Waals surface area contributed by atoms with E-state index in [-0.39, 0.29) is 24.8 Å². The second kappa shape index (κ2) is 10.4. The SMILES string of the molecule is Cc1ccc2c(N3CCN(CCc4cccc5c4OCc4nnnn4-5)[C@H](C)C3)cccc2n1.Cl.Cl. The van der Waals surface area contributed by atoms with Gasteiger partial charge in [0.15, 0.2) is 5.82 Å². The highest BCUT2D eigenvalue weighted by Gasteiger charge is 2.26. The van der Waals surface area contributed by atoms with Crippen molar-refractivity contribution < 1.29 is 4.74 Å². The molecule has 4 aromatic rings. The van der Waals surface area contributed by atoms with E-state index in [1.165, 1.54) is 16.6 Å². The van der Waals surface area contributed by atoms with Crippen LogP contribution in [0, 0.1) is 6.92 Å². The van der Waals surface area contributed by atoms with E-state index in [9.17, 15) is 0 Å². The van der Waals surface area contributed by atoms with Crippen LogP contribution in [0.2, 0.25) is 0 Å². The van der Waals surface area contributed by atoms with Gasteiger partial charge in [-0.25, -0.2) is 0 Å². The van der Waals surface area contributed by atoms with Crippen LogP contribution in [0.4, 0.5) is 5.69 Å². The summed E-state index contributed by atoms with van der Waals surface area (Å²) in [5.41, 5.74) is 5.55. The predicted molar refractivity (Wildman–Crippen MR) is 141 cm³/mol. The number of aryl methyl sites for hydroxylation is 1. The predicted octanol–water partition coefficient (Wildman–Crippen LogP) is 4.01. The van der Waals surface area contributed by atoms with Gasteiger partial charge in [-0.2, -0.15) is 4.68 Å². The van der Waals surface area contributed by atoms with Crippen molar-refractivity contribution >= 4 is 41.4 Å². The van der Waals surface area contributed by atoms with E-state index >= 15 is 0 Å². The zero-order chi connectivity index (χ0) is 22.4. The molecule has 2 aromatic heterocycles. The third-order valence-electron chi connectivity index (χ3n) is 6.81. The minimum atomic E-state index is 0. The van der Waals surface area contributed by atoms with Gasteiger partial charge >= 0.3 is 0 Å². The number of piperazine rings is 1. The number of pyridine rings is 1. The van der Waals surface area contributed by atoms with E-state index in [1.54, 1.807) is 4.68 Å². The monoisotopic (exact) mass is 513 g/mol. The van der Waals surface area contributed by atoms with E-state index in [0.29, 0.717) is 12.6 Å². The van der Waals surface area contributed by atoms with Crippen molar-refractivity contribution in [1.82, 2.24) is 30.1 Å². The van der Waals surface area contributed by atoms with E-state index in [1.807, 2.05) is 13.0 Å². The summed E-state index contributed by atoms with van der Waals surface area (Å²) in [6.07, 6.45) is 0.933. The fourth-order valence-electron chi connectivity index (χ4n) is 5.05. The standard InChI is InChI=1S/C25H27N7O.2ClH/c1-17-9-10-20-21(26-17)6-4-7-22(20)31-14-13-30(18(2)15-31)12-11-19-5-3-8-23-25(19)33-16-24-27-28-29-32(23)24;;/h3-10,18H,11-16H2,1-2H3;2*1H/t18-;;/m1../s1. The molecule has 1 fully saturated rings. The fourth-order valence-corrected chi connectivity index (χ4v) is 5.05. The lowest BCUT2D eigenvalue weighted by Crippen LogP contribution is -2.52. The number of hydrogen-bond donors (Lipinski definition) is 0. The van der Waals surface area contributed by atoms with Crippen molar-refractivity contribution in [2.24, 2.45) is 0 Å². The van der Waals surface area contributed by atoms with E-state index in [2.05, 4.69) is 74.7 Å². The molecule has 1 saturated heterocycles. The van der Waals surface area contributed by atoms with Gasteiger partial charge in [0.2, 0.25) is 0 Å². The molecule has 35 heavy (non-hydrogen) atoms. The molecule has 2 aliphatic rings. The topological polar surface area (TPSA) is 72.2 Å². The third-order valence-corrected chi connectivity index (χ3v) is 6.81. The molecule has 0 aliphatic carbocycles. The lowest BCUT2D eigenvalue weighted by atomic mass is 10.1. The van der Waals surface area contributed by atoms with Gasteiger partial charge in [0.05, 0.1) is 5.52 Å². The molecule has 0 bridgehead atoms. The smallest absolute Gasteiger partial charge is 0.194 e. The molecule has 0 unspecified atom stereocenters. The summed E-state index contributed by atoms with van der Waals surface area (Å²) in [6.45, 7) is 8.82. The second-order valence-corrected chi connectivity index (χ2v) is 8.94. The van der Waals surface area contributed by atoms with E-state index < -0.39 is 0 Å². The number of para-hydroxylation sites is 1. The third kappa shape index (κ3) is 4.66. The minimum absolute atomic E-state index is 0.